The maximum atomic E-state index is 13.0. The van der Waals surface area contributed by atoms with Gasteiger partial charge in [0.05, 0.1) is 32.0 Å². The maximum Gasteiger partial charge on any atom is 0.305 e. The summed E-state index contributed by atoms with van der Waals surface area (Å²) < 4.78 is 16.7. The summed E-state index contributed by atoms with van der Waals surface area (Å²) in [5.41, 5.74) is 0. The molecule has 0 spiro atoms. The fraction of sp³-hybridized carbons (Fsp3) is 0.865. The van der Waals surface area contributed by atoms with Gasteiger partial charge in [-0.15, -0.1) is 0 Å². The van der Waals surface area contributed by atoms with E-state index in [9.17, 15) is 35.1 Å². The normalized spacial score (nSPS) is 18.2. The molecule has 0 radical (unpaired) electrons. The Kier molecular flexibility index (Phi) is 60.0. The first-order valence-electron chi connectivity index (χ1n) is 36.4. The number of amides is 1. The number of rotatable bonds is 64. The predicted molar refractivity (Wildman–Crippen MR) is 357 cm³/mol. The second kappa shape index (κ2) is 63.2. The van der Waals surface area contributed by atoms with E-state index in [1.54, 1.807) is 6.08 Å². The first-order chi connectivity index (χ1) is 41.7. The minimum atomic E-state index is -1.57. The minimum Gasteiger partial charge on any atom is -0.466 e. The average molecular weight is 1200 g/mol. The van der Waals surface area contributed by atoms with Crippen molar-refractivity contribution in [1.82, 2.24) is 5.32 Å². The first kappa shape index (κ1) is 80.6. The van der Waals surface area contributed by atoms with Gasteiger partial charge in [-0.25, -0.2) is 0 Å². The molecule has 11 nitrogen and oxygen atoms in total. The number of aliphatic hydroxyl groups is 5. The zero-order chi connectivity index (χ0) is 61.6. The molecule has 0 bridgehead atoms. The molecule has 6 N–H and O–H groups in total. The molecule has 0 aromatic carbocycles. The fourth-order valence-electron chi connectivity index (χ4n) is 11.4. The molecule has 7 atom stereocenters. The molecule has 1 rings (SSSR count). The lowest BCUT2D eigenvalue weighted by Crippen LogP contribution is -2.60. The summed E-state index contributed by atoms with van der Waals surface area (Å²) in [6.07, 6.45) is 72.8. The zero-order valence-electron chi connectivity index (χ0n) is 55.3. The van der Waals surface area contributed by atoms with Gasteiger partial charge in [-0.05, 0) is 96.3 Å². The number of allylic oxidation sites excluding steroid dienone is 7. The molecule has 11 heteroatoms. The Morgan fingerprint density at radius 2 is 0.765 bits per heavy atom. The molecule has 1 fully saturated rings. The van der Waals surface area contributed by atoms with Gasteiger partial charge < -0.3 is 45.1 Å². The summed E-state index contributed by atoms with van der Waals surface area (Å²) in [5, 5.41) is 54.3. The number of unbranched alkanes of at least 4 members (excludes halogenated alkanes) is 44. The summed E-state index contributed by atoms with van der Waals surface area (Å²) >= 11 is 0. The van der Waals surface area contributed by atoms with Crippen LogP contribution in [-0.2, 0) is 23.8 Å². The van der Waals surface area contributed by atoms with Gasteiger partial charge in [0, 0.05) is 12.8 Å². The lowest BCUT2D eigenvalue weighted by atomic mass is 9.99. The highest BCUT2D eigenvalue weighted by Crippen LogP contribution is 2.23. The van der Waals surface area contributed by atoms with Gasteiger partial charge in [0.15, 0.2) is 6.29 Å². The van der Waals surface area contributed by atoms with E-state index in [4.69, 9.17) is 14.2 Å². The Bertz CT molecular complexity index is 1550. The van der Waals surface area contributed by atoms with Crippen LogP contribution in [0.25, 0.3) is 0 Å². The molecule has 498 valence electrons. The average Bonchev–Trinajstić information content (AvgIpc) is 3.70. The molecule has 0 aromatic rings. The summed E-state index contributed by atoms with van der Waals surface area (Å²) in [6, 6.07) is -0.825. The van der Waals surface area contributed by atoms with Gasteiger partial charge in [0.2, 0.25) is 5.91 Å². The molecule has 7 unspecified atom stereocenters. The van der Waals surface area contributed by atoms with Crippen LogP contribution in [0.5, 0.6) is 0 Å². The predicted octanol–water partition coefficient (Wildman–Crippen LogP) is 18.7. The second-order valence-corrected chi connectivity index (χ2v) is 25.3. The molecule has 1 aliphatic rings. The van der Waals surface area contributed by atoms with Crippen LogP contribution in [0, 0.1) is 0 Å². The number of hydrogen-bond acceptors (Lipinski definition) is 10. The summed E-state index contributed by atoms with van der Waals surface area (Å²) in [4.78, 5) is 25.1. The maximum absolute atomic E-state index is 13.0. The van der Waals surface area contributed by atoms with E-state index in [0.29, 0.717) is 19.4 Å². The van der Waals surface area contributed by atoms with Crippen molar-refractivity contribution in [1.29, 1.82) is 0 Å². The largest absolute Gasteiger partial charge is 0.466 e. The summed E-state index contributed by atoms with van der Waals surface area (Å²) in [7, 11) is 0. The molecule has 1 aliphatic heterocycles. The first-order valence-corrected chi connectivity index (χ1v) is 36.4. The smallest absolute Gasteiger partial charge is 0.305 e. The van der Waals surface area contributed by atoms with E-state index < -0.39 is 49.5 Å². The van der Waals surface area contributed by atoms with Gasteiger partial charge >= 0.3 is 5.97 Å². The van der Waals surface area contributed by atoms with Crippen molar-refractivity contribution in [2.24, 2.45) is 0 Å². The van der Waals surface area contributed by atoms with Crippen molar-refractivity contribution in [3.63, 3.8) is 0 Å². The Hall–Kier alpha value is -2.38. The monoisotopic (exact) mass is 1200 g/mol. The standard InChI is InChI=1S/C74H137NO10/c1-3-5-7-9-11-13-14-15-16-36-39-42-46-50-54-58-62-70(79)83-63-59-55-51-47-43-40-37-34-32-30-28-26-24-22-20-18-17-19-21-23-25-27-29-31-33-35-38-41-45-49-53-57-61-69(78)75-66(67(77)60-56-52-48-44-12-10-8-6-4-2)65-84-74-73(82)72(81)71(80)68(64-76)85-74/h12,16,20,22,36,44,56,60,66-68,71-74,76-77,80-82H,3-11,13-15,17-19,21,23-35,37-43,45-55,57-59,61-65H2,1-2H3,(H,75,78)/b22-20-,36-16-,44-12+,60-56+. The minimum absolute atomic E-state index is 0.00308. The number of esters is 1. The second-order valence-electron chi connectivity index (χ2n) is 25.3. The van der Waals surface area contributed by atoms with Crippen molar-refractivity contribution in [2.45, 2.75) is 391 Å². The van der Waals surface area contributed by atoms with Crippen LogP contribution in [0.1, 0.15) is 348 Å². The van der Waals surface area contributed by atoms with Crippen LogP contribution in [0.3, 0.4) is 0 Å². The van der Waals surface area contributed by atoms with Crippen molar-refractivity contribution in [2.75, 3.05) is 19.8 Å². The molecule has 1 saturated heterocycles. The highest BCUT2D eigenvalue weighted by Gasteiger charge is 2.44. The van der Waals surface area contributed by atoms with Crippen LogP contribution >= 0.6 is 0 Å². The lowest BCUT2D eigenvalue weighted by molar-refractivity contribution is -0.302. The SMILES string of the molecule is CCCCC/C=C/CC/C=C/C(O)C(COC1OC(CO)C(O)C(O)C1O)NC(=O)CCCCCCCCCCCCCCCCCC/C=C\CCCCCCCCCCCCCCOC(=O)CCCCCCC/C=C\CCCCCCCCC. The summed E-state index contributed by atoms with van der Waals surface area (Å²) in [6.45, 7) is 4.30. The Balaban J connectivity index is 1.89. The van der Waals surface area contributed by atoms with Crippen molar-refractivity contribution < 1.29 is 49.3 Å². The Labute approximate surface area is 523 Å². The van der Waals surface area contributed by atoms with E-state index in [1.807, 2.05) is 6.08 Å². The zero-order valence-corrected chi connectivity index (χ0v) is 55.3. The third-order valence-electron chi connectivity index (χ3n) is 17.1. The highest BCUT2D eigenvalue weighted by molar-refractivity contribution is 5.76. The lowest BCUT2D eigenvalue weighted by Gasteiger charge is -2.40. The van der Waals surface area contributed by atoms with Crippen molar-refractivity contribution >= 4 is 11.9 Å². The van der Waals surface area contributed by atoms with E-state index in [0.717, 1.165) is 57.8 Å². The van der Waals surface area contributed by atoms with Crippen LogP contribution in [-0.4, -0.2) is 100 Å². The van der Waals surface area contributed by atoms with Crippen LogP contribution in [0.2, 0.25) is 0 Å². The van der Waals surface area contributed by atoms with E-state index in [2.05, 4.69) is 55.6 Å². The highest BCUT2D eigenvalue weighted by atomic mass is 16.7. The number of ether oxygens (including phenoxy) is 3. The Morgan fingerprint density at radius 3 is 1.19 bits per heavy atom. The molecule has 0 aromatic heterocycles. The van der Waals surface area contributed by atoms with E-state index in [-0.39, 0.29) is 18.5 Å². The molecule has 1 heterocycles. The molecular formula is C74H137NO10. The van der Waals surface area contributed by atoms with Gasteiger partial charge in [0.1, 0.15) is 24.4 Å². The number of hydrogen-bond donors (Lipinski definition) is 6. The Morgan fingerprint density at radius 1 is 0.424 bits per heavy atom. The molecule has 0 saturated carbocycles. The third kappa shape index (κ3) is 52.1. The summed E-state index contributed by atoms with van der Waals surface area (Å²) in [5.74, 6) is -0.188. The van der Waals surface area contributed by atoms with Crippen LogP contribution < -0.4 is 5.32 Å². The topological polar surface area (TPSA) is 175 Å². The van der Waals surface area contributed by atoms with Gasteiger partial charge in [-0.1, -0.05) is 287 Å². The third-order valence-corrected chi connectivity index (χ3v) is 17.1. The van der Waals surface area contributed by atoms with Gasteiger partial charge in [-0.3, -0.25) is 9.59 Å². The van der Waals surface area contributed by atoms with Crippen LogP contribution in [0.15, 0.2) is 48.6 Å². The fourth-order valence-corrected chi connectivity index (χ4v) is 11.4. The van der Waals surface area contributed by atoms with E-state index in [1.165, 1.54) is 263 Å². The number of nitrogens with one attached hydrogen (secondary N) is 1. The van der Waals surface area contributed by atoms with Gasteiger partial charge in [-0.2, -0.15) is 0 Å². The van der Waals surface area contributed by atoms with Crippen LogP contribution in [0.4, 0.5) is 0 Å². The number of aliphatic hydroxyl groups excluding tert-OH is 5. The van der Waals surface area contributed by atoms with E-state index >= 15 is 0 Å². The van der Waals surface area contributed by atoms with Crippen molar-refractivity contribution in [3.05, 3.63) is 48.6 Å². The van der Waals surface area contributed by atoms with Gasteiger partial charge in [0.25, 0.3) is 0 Å². The number of carbonyl (C=O) groups is 2. The molecule has 85 heavy (non-hydrogen) atoms. The molecule has 1 amide bonds. The van der Waals surface area contributed by atoms with Crippen molar-refractivity contribution in [3.8, 4) is 0 Å². The number of carbonyl (C=O) groups excluding carboxylic acids is 2. The quantitative estimate of drug-likeness (QED) is 0.0195. The molecule has 0 aliphatic carbocycles. The molecular weight excluding hydrogens is 1060 g/mol.